The first-order chi connectivity index (χ1) is 11.9. The van der Waals surface area contributed by atoms with Crippen molar-refractivity contribution < 1.29 is 23.9 Å². The zero-order valence-corrected chi connectivity index (χ0v) is 16.4. The lowest BCUT2D eigenvalue weighted by molar-refractivity contribution is -0.137. The molecule has 2 atom stereocenters. The molecular weight excluding hydrogens is 334 g/mol. The van der Waals surface area contributed by atoms with Crippen LogP contribution in [-0.2, 0) is 14.3 Å². The molecule has 0 bridgehead atoms. The maximum atomic E-state index is 12.4. The monoisotopic (exact) mass is 363 g/mol. The molecule has 144 valence electrons. The summed E-state index contributed by atoms with van der Waals surface area (Å²) in [5, 5.41) is 0.979. The van der Waals surface area contributed by atoms with E-state index < -0.39 is 23.5 Å². The second kappa shape index (κ2) is 7.56. The number of ether oxygens (including phenoxy) is 2. The summed E-state index contributed by atoms with van der Waals surface area (Å²) >= 11 is 0. The molecule has 0 spiro atoms. The fourth-order valence-corrected chi connectivity index (χ4v) is 2.59. The van der Waals surface area contributed by atoms with Gasteiger partial charge in [0, 0.05) is 0 Å². The minimum atomic E-state index is -0.916. The van der Waals surface area contributed by atoms with E-state index in [0.29, 0.717) is 5.92 Å². The molecule has 6 heteroatoms. The zero-order valence-electron chi connectivity index (χ0n) is 16.4. The fourth-order valence-electron chi connectivity index (χ4n) is 2.59. The van der Waals surface area contributed by atoms with Crippen molar-refractivity contribution in [3.05, 3.63) is 35.9 Å². The van der Waals surface area contributed by atoms with E-state index in [2.05, 4.69) is 12.1 Å². The highest BCUT2D eigenvalue weighted by Crippen LogP contribution is 2.47. The molecule has 0 N–H and O–H groups in total. The lowest BCUT2D eigenvalue weighted by Crippen LogP contribution is -2.40. The van der Waals surface area contributed by atoms with Gasteiger partial charge >= 0.3 is 12.2 Å². The van der Waals surface area contributed by atoms with Crippen molar-refractivity contribution in [1.29, 1.82) is 0 Å². The van der Waals surface area contributed by atoms with Crippen LogP contribution in [0, 0.1) is 5.92 Å². The first kappa shape index (κ1) is 20.1. The highest BCUT2D eigenvalue weighted by Gasteiger charge is 2.42. The molecule has 1 aromatic carbocycles. The number of carbonyl (C=O) groups excluding carboxylic acids is 2. The van der Waals surface area contributed by atoms with Crippen molar-refractivity contribution in [2.24, 2.45) is 5.92 Å². The Morgan fingerprint density at radius 1 is 1.00 bits per heavy atom. The van der Waals surface area contributed by atoms with Crippen LogP contribution in [0.2, 0.25) is 0 Å². The molecule has 0 saturated heterocycles. The summed E-state index contributed by atoms with van der Waals surface area (Å²) in [5.41, 5.74) is -0.170. The number of rotatable bonds is 3. The summed E-state index contributed by atoms with van der Waals surface area (Å²) in [7, 11) is 0. The highest BCUT2D eigenvalue weighted by atomic mass is 16.8. The Bertz CT molecular complexity index is 630. The van der Waals surface area contributed by atoms with Crippen molar-refractivity contribution in [3.63, 3.8) is 0 Å². The molecule has 0 unspecified atom stereocenters. The number of nitrogens with zero attached hydrogens (tertiary/aromatic N) is 1. The second-order valence-electron chi connectivity index (χ2n) is 8.61. The molecule has 0 aromatic heterocycles. The number of amides is 1. The molecule has 1 saturated carbocycles. The Hall–Kier alpha value is -2.24. The molecule has 1 fully saturated rings. The third-order valence-electron chi connectivity index (χ3n) is 3.72. The van der Waals surface area contributed by atoms with Gasteiger partial charge in [-0.3, -0.25) is 0 Å². The summed E-state index contributed by atoms with van der Waals surface area (Å²) in [4.78, 5) is 29.6. The summed E-state index contributed by atoms with van der Waals surface area (Å²) < 4.78 is 10.5. The number of carbonyl (C=O) groups is 2. The molecule has 1 amide bonds. The smallest absolute Gasteiger partial charge is 0.442 e. The van der Waals surface area contributed by atoms with Gasteiger partial charge in [-0.15, -0.1) is 5.06 Å². The summed E-state index contributed by atoms with van der Waals surface area (Å²) in [5.74, 6) is 0.565. The van der Waals surface area contributed by atoms with Crippen LogP contribution >= 0.6 is 0 Å². The van der Waals surface area contributed by atoms with Crippen molar-refractivity contribution in [3.8, 4) is 0 Å². The summed E-state index contributed by atoms with van der Waals surface area (Å²) in [6.45, 7) is 10.8. The fraction of sp³-hybridized carbons (Fsp3) is 0.600. The van der Waals surface area contributed by atoms with Crippen LogP contribution in [0.15, 0.2) is 30.3 Å². The van der Waals surface area contributed by atoms with E-state index in [1.54, 1.807) is 41.5 Å². The van der Waals surface area contributed by atoms with Gasteiger partial charge in [-0.05, 0) is 65.4 Å². The SMILES string of the molecule is CC(C)(C)OC(=O)ON(C[C@@H]1C[C@H]1c1ccccc1)C(=O)OC(C)(C)C. The largest absolute Gasteiger partial charge is 0.534 e. The first-order valence-electron chi connectivity index (χ1n) is 8.91. The number of hydrogen-bond donors (Lipinski definition) is 0. The number of hydroxylamine groups is 2. The first-order valence-corrected chi connectivity index (χ1v) is 8.91. The molecule has 0 radical (unpaired) electrons. The minimum absolute atomic E-state index is 0.215. The Balaban J connectivity index is 2.01. The average molecular weight is 363 g/mol. The van der Waals surface area contributed by atoms with Crippen molar-refractivity contribution in [2.75, 3.05) is 6.54 Å². The van der Waals surface area contributed by atoms with Crippen LogP contribution in [0.3, 0.4) is 0 Å². The van der Waals surface area contributed by atoms with E-state index in [1.807, 2.05) is 18.2 Å². The highest BCUT2D eigenvalue weighted by molar-refractivity contribution is 5.70. The molecule has 26 heavy (non-hydrogen) atoms. The van der Waals surface area contributed by atoms with Crippen LogP contribution in [0.25, 0.3) is 0 Å². The van der Waals surface area contributed by atoms with Crippen LogP contribution < -0.4 is 0 Å². The van der Waals surface area contributed by atoms with Crippen LogP contribution in [-0.4, -0.2) is 35.1 Å². The molecular formula is C20H29NO5. The van der Waals surface area contributed by atoms with Gasteiger partial charge in [0.05, 0.1) is 6.54 Å². The maximum absolute atomic E-state index is 12.4. The minimum Gasteiger partial charge on any atom is -0.442 e. The third-order valence-corrected chi connectivity index (χ3v) is 3.72. The van der Waals surface area contributed by atoms with Crippen LogP contribution in [0.1, 0.15) is 59.4 Å². The lowest BCUT2D eigenvalue weighted by atomic mass is 10.1. The topological polar surface area (TPSA) is 65.1 Å². The van der Waals surface area contributed by atoms with Crippen LogP contribution in [0.4, 0.5) is 9.59 Å². The Labute approximate surface area is 155 Å². The predicted octanol–water partition coefficient (Wildman–Crippen LogP) is 4.89. The Morgan fingerprint density at radius 3 is 2.12 bits per heavy atom. The lowest BCUT2D eigenvalue weighted by Gasteiger charge is -2.27. The van der Waals surface area contributed by atoms with Gasteiger partial charge in [-0.25, -0.2) is 9.59 Å². The molecule has 0 aliphatic heterocycles. The van der Waals surface area contributed by atoms with Gasteiger partial charge in [0.25, 0.3) is 0 Å². The van der Waals surface area contributed by atoms with E-state index in [4.69, 9.17) is 14.3 Å². The van der Waals surface area contributed by atoms with Gasteiger partial charge in [-0.2, -0.15) is 0 Å². The molecule has 2 rings (SSSR count). The van der Waals surface area contributed by atoms with Crippen molar-refractivity contribution >= 4 is 12.2 Å². The molecule has 0 heterocycles. The third kappa shape index (κ3) is 6.58. The zero-order chi connectivity index (χ0) is 19.5. The second-order valence-corrected chi connectivity index (χ2v) is 8.61. The molecule has 1 aliphatic carbocycles. The van der Waals surface area contributed by atoms with Gasteiger partial charge in [0.2, 0.25) is 0 Å². The van der Waals surface area contributed by atoms with E-state index >= 15 is 0 Å². The maximum Gasteiger partial charge on any atom is 0.534 e. The van der Waals surface area contributed by atoms with E-state index in [9.17, 15) is 9.59 Å². The standard InChI is InChI=1S/C20H29NO5/c1-19(2,3)24-17(22)21(26-18(23)25-20(4,5)6)13-15-12-16(15)14-10-8-7-9-11-14/h7-11,15-16H,12-13H2,1-6H3/t15-,16-/m0/s1. The normalized spacial score (nSPS) is 19.5. The van der Waals surface area contributed by atoms with Gasteiger partial charge in [0.15, 0.2) is 0 Å². The van der Waals surface area contributed by atoms with Gasteiger partial charge < -0.3 is 14.3 Å². The average Bonchev–Trinajstić information content (AvgIpc) is 3.23. The van der Waals surface area contributed by atoms with Crippen LogP contribution in [0.5, 0.6) is 0 Å². The molecule has 1 aromatic rings. The van der Waals surface area contributed by atoms with Crippen molar-refractivity contribution in [2.45, 2.75) is 65.1 Å². The molecule has 6 nitrogen and oxygen atoms in total. The number of benzene rings is 1. The van der Waals surface area contributed by atoms with E-state index in [-0.39, 0.29) is 12.5 Å². The Morgan fingerprint density at radius 2 is 1.58 bits per heavy atom. The van der Waals surface area contributed by atoms with Gasteiger partial charge in [-0.1, -0.05) is 30.3 Å². The predicted molar refractivity (Wildman–Crippen MR) is 97.5 cm³/mol. The summed E-state index contributed by atoms with van der Waals surface area (Å²) in [6.07, 6.45) is -0.677. The van der Waals surface area contributed by atoms with E-state index in [0.717, 1.165) is 11.5 Å². The molecule has 1 aliphatic rings. The number of hydrogen-bond acceptors (Lipinski definition) is 5. The van der Waals surface area contributed by atoms with Gasteiger partial charge in [0.1, 0.15) is 11.2 Å². The van der Waals surface area contributed by atoms with E-state index in [1.165, 1.54) is 5.56 Å². The quantitative estimate of drug-likeness (QED) is 0.565. The van der Waals surface area contributed by atoms with Crippen molar-refractivity contribution in [1.82, 2.24) is 5.06 Å². The Kier molecular flexibility index (Phi) is 5.84. The summed E-state index contributed by atoms with van der Waals surface area (Å²) in [6, 6.07) is 10.1.